The van der Waals surface area contributed by atoms with Crippen LogP contribution in [0, 0.1) is 0 Å². The average Bonchev–Trinajstić information content (AvgIpc) is 2.78. The van der Waals surface area contributed by atoms with Gasteiger partial charge in [0, 0.05) is 11.7 Å². The molecule has 0 aliphatic carbocycles. The molecule has 174 valence electrons. The number of halogens is 3. The van der Waals surface area contributed by atoms with Crippen LogP contribution < -0.4 is 14.8 Å². The van der Waals surface area contributed by atoms with E-state index in [1.807, 2.05) is 30.3 Å². The van der Waals surface area contributed by atoms with Crippen LogP contribution in [0.2, 0.25) is 0 Å². The van der Waals surface area contributed by atoms with Crippen molar-refractivity contribution in [2.45, 2.75) is 24.0 Å². The molecule has 0 unspecified atom stereocenters. The Balaban J connectivity index is 1.56. The van der Waals surface area contributed by atoms with Crippen LogP contribution in [0.3, 0.4) is 0 Å². The summed E-state index contributed by atoms with van der Waals surface area (Å²) in [4.78, 5) is 12.0. The van der Waals surface area contributed by atoms with E-state index in [-0.39, 0.29) is 16.3 Å². The van der Waals surface area contributed by atoms with Crippen LogP contribution in [0.1, 0.15) is 24.1 Å². The number of rotatable bonds is 8. The Labute approximate surface area is 189 Å². The van der Waals surface area contributed by atoms with Crippen molar-refractivity contribution in [2.24, 2.45) is 0 Å². The minimum atomic E-state index is -4.52. The zero-order valence-corrected chi connectivity index (χ0v) is 18.3. The second-order valence-corrected chi connectivity index (χ2v) is 8.85. The van der Waals surface area contributed by atoms with Crippen molar-refractivity contribution >= 4 is 21.6 Å². The predicted octanol–water partition coefficient (Wildman–Crippen LogP) is 4.76. The molecule has 3 aromatic rings. The van der Waals surface area contributed by atoms with Crippen molar-refractivity contribution in [1.82, 2.24) is 4.72 Å². The van der Waals surface area contributed by atoms with Gasteiger partial charge in [-0.05, 0) is 55.0 Å². The van der Waals surface area contributed by atoms with Gasteiger partial charge in [0.2, 0.25) is 10.0 Å². The maximum absolute atomic E-state index is 12.8. The molecule has 0 aliphatic rings. The van der Waals surface area contributed by atoms with Gasteiger partial charge in [0.1, 0.15) is 5.75 Å². The van der Waals surface area contributed by atoms with Crippen molar-refractivity contribution in [3.8, 4) is 5.75 Å². The maximum atomic E-state index is 12.8. The van der Waals surface area contributed by atoms with Crippen LogP contribution in [0.15, 0.2) is 83.8 Å². The first-order valence-electron chi connectivity index (χ1n) is 9.82. The number of nitrogens with one attached hydrogen (secondary N) is 2. The molecule has 0 spiro atoms. The Morgan fingerprint density at radius 3 is 2.27 bits per heavy atom. The summed E-state index contributed by atoms with van der Waals surface area (Å²) >= 11 is 0. The fraction of sp³-hybridized carbons (Fsp3) is 0.174. The number of alkyl halides is 3. The smallest absolute Gasteiger partial charge is 0.416 e. The number of ether oxygens (including phenoxy) is 1. The highest BCUT2D eigenvalue weighted by molar-refractivity contribution is 7.89. The number of benzene rings is 3. The summed E-state index contributed by atoms with van der Waals surface area (Å²) in [7, 11) is -3.79. The van der Waals surface area contributed by atoms with Crippen LogP contribution >= 0.6 is 0 Å². The molecule has 0 heterocycles. The molecule has 3 aromatic carbocycles. The highest BCUT2D eigenvalue weighted by atomic mass is 32.2. The summed E-state index contributed by atoms with van der Waals surface area (Å²) in [6, 6.07) is 18.3. The lowest BCUT2D eigenvalue weighted by molar-refractivity contribution is -0.137. The van der Waals surface area contributed by atoms with Gasteiger partial charge in [0.25, 0.3) is 5.91 Å². The standard InChI is InChI=1S/C23H21F3N2O4S/c1-16(17-6-3-2-4-7-17)28-33(30,31)21-12-10-20(11-13-21)32-15-22(29)27-19-9-5-8-18(14-19)23(24,25)26/h2-14,16,28H,15H2,1H3,(H,27,29)/t16-/m0/s1. The van der Waals surface area contributed by atoms with Crippen LogP contribution in [-0.4, -0.2) is 20.9 Å². The summed E-state index contributed by atoms with van der Waals surface area (Å²) < 4.78 is 71.4. The maximum Gasteiger partial charge on any atom is 0.416 e. The number of hydrogen-bond donors (Lipinski definition) is 2. The molecule has 1 atom stereocenters. The van der Waals surface area contributed by atoms with E-state index in [0.717, 1.165) is 17.7 Å². The van der Waals surface area contributed by atoms with E-state index < -0.39 is 40.3 Å². The number of sulfonamides is 1. The zero-order valence-electron chi connectivity index (χ0n) is 17.5. The highest BCUT2D eigenvalue weighted by Gasteiger charge is 2.30. The monoisotopic (exact) mass is 478 g/mol. The van der Waals surface area contributed by atoms with E-state index in [9.17, 15) is 26.4 Å². The Morgan fingerprint density at radius 2 is 1.64 bits per heavy atom. The van der Waals surface area contributed by atoms with Crippen molar-refractivity contribution < 1.29 is 31.1 Å². The lowest BCUT2D eigenvalue weighted by Crippen LogP contribution is -2.26. The minimum absolute atomic E-state index is 0.0153. The van der Waals surface area contributed by atoms with Gasteiger partial charge in [-0.2, -0.15) is 13.2 Å². The van der Waals surface area contributed by atoms with Gasteiger partial charge in [0.15, 0.2) is 6.61 Å². The Hall–Kier alpha value is -3.37. The quantitative estimate of drug-likeness (QED) is 0.489. The zero-order chi connectivity index (χ0) is 24.1. The molecule has 0 saturated carbocycles. The second kappa shape index (κ2) is 10.1. The van der Waals surface area contributed by atoms with Gasteiger partial charge < -0.3 is 10.1 Å². The van der Waals surface area contributed by atoms with Crippen LogP contribution in [0.4, 0.5) is 18.9 Å². The summed E-state index contributed by atoms with van der Waals surface area (Å²) in [5.41, 5.74) is -0.0838. The number of carbonyl (C=O) groups is 1. The third-order valence-electron chi connectivity index (χ3n) is 4.61. The molecule has 0 aromatic heterocycles. The van der Waals surface area contributed by atoms with Gasteiger partial charge in [-0.15, -0.1) is 0 Å². The molecule has 0 aliphatic heterocycles. The number of hydrogen-bond acceptors (Lipinski definition) is 4. The van der Waals surface area contributed by atoms with Crippen molar-refractivity contribution in [1.29, 1.82) is 0 Å². The van der Waals surface area contributed by atoms with Crippen molar-refractivity contribution in [3.05, 3.63) is 90.0 Å². The summed E-state index contributed by atoms with van der Waals surface area (Å²) in [5, 5.41) is 2.33. The SMILES string of the molecule is C[C@H](NS(=O)(=O)c1ccc(OCC(=O)Nc2cccc(C(F)(F)F)c2)cc1)c1ccccc1. The molecule has 33 heavy (non-hydrogen) atoms. The van der Waals surface area contributed by atoms with Crippen LogP contribution in [0.5, 0.6) is 5.75 Å². The third kappa shape index (κ3) is 6.80. The minimum Gasteiger partial charge on any atom is -0.484 e. The van der Waals surface area contributed by atoms with E-state index in [0.29, 0.717) is 0 Å². The first kappa shape index (κ1) is 24.3. The van der Waals surface area contributed by atoms with E-state index >= 15 is 0 Å². The molecule has 0 saturated heterocycles. The third-order valence-corrected chi connectivity index (χ3v) is 6.17. The van der Waals surface area contributed by atoms with Gasteiger partial charge >= 0.3 is 6.18 Å². The molecule has 0 radical (unpaired) electrons. The average molecular weight is 478 g/mol. The first-order chi connectivity index (χ1) is 15.5. The summed E-state index contributed by atoms with van der Waals surface area (Å²) in [6.45, 7) is 1.26. The van der Waals surface area contributed by atoms with Crippen molar-refractivity contribution in [2.75, 3.05) is 11.9 Å². The summed E-state index contributed by atoms with van der Waals surface area (Å²) in [6.07, 6.45) is -4.52. The van der Waals surface area contributed by atoms with Gasteiger partial charge in [-0.1, -0.05) is 36.4 Å². The molecule has 2 N–H and O–H groups in total. The second-order valence-electron chi connectivity index (χ2n) is 7.14. The fourth-order valence-electron chi connectivity index (χ4n) is 2.94. The summed E-state index contributed by atoms with van der Waals surface area (Å²) in [5.74, 6) is -0.436. The molecule has 10 heteroatoms. The van der Waals surface area contributed by atoms with E-state index in [2.05, 4.69) is 10.0 Å². The normalized spacial score (nSPS) is 12.7. The Kier molecular flexibility index (Phi) is 7.39. The van der Waals surface area contributed by atoms with Crippen LogP contribution in [0.25, 0.3) is 0 Å². The first-order valence-corrected chi connectivity index (χ1v) is 11.3. The molecular formula is C23H21F3N2O4S. The topological polar surface area (TPSA) is 84.5 Å². The lowest BCUT2D eigenvalue weighted by atomic mass is 10.1. The Morgan fingerprint density at radius 1 is 0.970 bits per heavy atom. The number of carbonyl (C=O) groups excluding carboxylic acids is 1. The predicted molar refractivity (Wildman–Crippen MR) is 117 cm³/mol. The molecule has 1 amide bonds. The lowest BCUT2D eigenvalue weighted by Gasteiger charge is -2.15. The van der Waals surface area contributed by atoms with Crippen LogP contribution in [-0.2, 0) is 21.0 Å². The molecular weight excluding hydrogens is 457 g/mol. The number of anilines is 1. The van der Waals surface area contributed by atoms with Gasteiger partial charge in [-0.25, -0.2) is 13.1 Å². The fourth-order valence-corrected chi connectivity index (χ4v) is 4.18. The Bertz CT molecular complexity index is 1200. The molecule has 6 nitrogen and oxygen atoms in total. The van der Waals surface area contributed by atoms with E-state index in [1.54, 1.807) is 6.92 Å². The van der Waals surface area contributed by atoms with Crippen molar-refractivity contribution in [3.63, 3.8) is 0 Å². The molecule has 0 bridgehead atoms. The highest BCUT2D eigenvalue weighted by Crippen LogP contribution is 2.30. The van der Waals surface area contributed by atoms with Gasteiger partial charge in [0.05, 0.1) is 10.5 Å². The van der Waals surface area contributed by atoms with E-state index in [1.165, 1.54) is 36.4 Å². The van der Waals surface area contributed by atoms with E-state index in [4.69, 9.17) is 4.74 Å². The molecule has 0 fully saturated rings. The largest absolute Gasteiger partial charge is 0.484 e. The number of amides is 1. The molecule has 3 rings (SSSR count). The van der Waals surface area contributed by atoms with Gasteiger partial charge in [-0.3, -0.25) is 4.79 Å².